The van der Waals surface area contributed by atoms with Crippen molar-refractivity contribution in [2.24, 2.45) is 0 Å². The summed E-state index contributed by atoms with van der Waals surface area (Å²) in [7, 11) is 0. The van der Waals surface area contributed by atoms with Gasteiger partial charge >= 0.3 is 11.9 Å². The van der Waals surface area contributed by atoms with E-state index >= 15 is 0 Å². The molecule has 0 aliphatic heterocycles. The summed E-state index contributed by atoms with van der Waals surface area (Å²) >= 11 is 5.96. The molecule has 0 saturated carbocycles. The van der Waals surface area contributed by atoms with E-state index in [1.165, 1.54) is 18.2 Å². The molecular formula is C21H18ClN3O5. The van der Waals surface area contributed by atoms with Gasteiger partial charge in [0.15, 0.2) is 6.61 Å². The van der Waals surface area contributed by atoms with Gasteiger partial charge in [0.2, 0.25) is 0 Å². The minimum atomic E-state index is -1.16. The molecule has 3 rings (SSSR count). The maximum absolute atomic E-state index is 12.2. The van der Waals surface area contributed by atoms with E-state index in [0.29, 0.717) is 5.82 Å². The summed E-state index contributed by atoms with van der Waals surface area (Å²) in [6.45, 7) is 3.27. The Labute approximate surface area is 176 Å². The monoisotopic (exact) mass is 427 g/mol. The molecule has 3 N–H and O–H groups in total. The van der Waals surface area contributed by atoms with Crippen LogP contribution < -0.4 is 5.32 Å². The quantitative estimate of drug-likeness (QED) is 0.514. The van der Waals surface area contributed by atoms with E-state index in [2.05, 4.69) is 15.3 Å². The minimum Gasteiger partial charge on any atom is -0.478 e. The number of nitrogens with one attached hydrogen (secondary N) is 2. The van der Waals surface area contributed by atoms with E-state index in [-0.39, 0.29) is 21.8 Å². The number of aromatic nitrogens is 2. The Balaban J connectivity index is 1.59. The molecule has 0 spiro atoms. The molecule has 0 bridgehead atoms. The highest BCUT2D eigenvalue weighted by atomic mass is 35.5. The number of amides is 1. The molecule has 0 atom stereocenters. The Bertz CT molecular complexity index is 1100. The number of benzene rings is 2. The van der Waals surface area contributed by atoms with Crippen molar-refractivity contribution in [1.82, 2.24) is 9.97 Å². The standard InChI is InChI=1S/C21H18ClN3O5/c1-11-12(2)24-19(23-11)13-3-5-14(6-4-13)21(29)30-10-18(26)25-17-9-15(20(27)28)7-8-16(17)22/h3-9H,10H2,1-2H3,(H,23,24)(H,25,26)(H,27,28). The Hall–Kier alpha value is -3.65. The molecule has 0 fully saturated rings. The summed E-state index contributed by atoms with van der Waals surface area (Å²) in [6, 6.07) is 10.5. The van der Waals surface area contributed by atoms with Crippen LogP contribution in [-0.2, 0) is 9.53 Å². The number of hydrogen-bond acceptors (Lipinski definition) is 5. The molecule has 3 aromatic rings. The lowest BCUT2D eigenvalue weighted by Crippen LogP contribution is -2.21. The molecular weight excluding hydrogens is 410 g/mol. The number of nitrogens with zero attached hydrogens (tertiary/aromatic N) is 1. The van der Waals surface area contributed by atoms with Crippen molar-refractivity contribution < 1.29 is 24.2 Å². The Morgan fingerprint density at radius 3 is 2.37 bits per heavy atom. The van der Waals surface area contributed by atoms with Crippen LogP contribution >= 0.6 is 11.6 Å². The lowest BCUT2D eigenvalue weighted by atomic mass is 10.1. The van der Waals surface area contributed by atoms with Crippen LogP contribution in [0.3, 0.4) is 0 Å². The normalized spacial score (nSPS) is 10.5. The van der Waals surface area contributed by atoms with Crippen LogP contribution in [0.15, 0.2) is 42.5 Å². The van der Waals surface area contributed by atoms with E-state index in [9.17, 15) is 14.4 Å². The zero-order chi connectivity index (χ0) is 21.8. The first-order valence-electron chi connectivity index (χ1n) is 8.88. The van der Waals surface area contributed by atoms with Crippen molar-refractivity contribution in [3.05, 3.63) is 70.0 Å². The molecule has 154 valence electrons. The van der Waals surface area contributed by atoms with Crippen molar-refractivity contribution in [3.8, 4) is 11.4 Å². The van der Waals surface area contributed by atoms with Crippen LogP contribution in [0.5, 0.6) is 0 Å². The van der Waals surface area contributed by atoms with Gasteiger partial charge in [-0.3, -0.25) is 4.79 Å². The first kappa shape index (κ1) is 21.1. The highest BCUT2D eigenvalue weighted by molar-refractivity contribution is 6.33. The Morgan fingerprint density at radius 1 is 1.10 bits per heavy atom. The molecule has 0 saturated heterocycles. The third-order valence-corrected chi connectivity index (χ3v) is 4.67. The summed E-state index contributed by atoms with van der Waals surface area (Å²) in [5.74, 6) is -1.78. The van der Waals surface area contributed by atoms with Gasteiger partial charge in [0.05, 0.1) is 27.5 Å². The fraction of sp³-hybridized carbons (Fsp3) is 0.143. The summed E-state index contributed by atoms with van der Waals surface area (Å²) < 4.78 is 5.01. The van der Waals surface area contributed by atoms with Crippen LogP contribution in [0.1, 0.15) is 32.1 Å². The van der Waals surface area contributed by atoms with Gasteiger partial charge in [-0.15, -0.1) is 0 Å². The molecule has 30 heavy (non-hydrogen) atoms. The van der Waals surface area contributed by atoms with Crippen LogP contribution in [0.25, 0.3) is 11.4 Å². The van der Waals surface area contributed by atoms with Gasteiger partial charge in [0, 0.05) is 11.3 Å². The number of aromatic amines is 1. The van der Waals surface area contributed by atoms with Gasteiger partial charge in [-0.2, -0.15) is 0 Å². The van der Waals surface area contributed by atoms with Crippen molar-refractivity contribution in [1.29, 1.82) is 0 Å². The first-order chi connectivity index (χ1) is 14.2. The molecule has 1 amide bonds. The maximum Gasteiger partial charge on any atom is 0.338 e. The number of carboxylic acid groups (broad SMARTS) is 1. The van der Waals surface area contributed by atoms with Gasteiger partial charge in [-0.25, -0.2) is 14.6 Å². The van der Waals surface area contributed by atoms with Gasteiger partial charge < -0.3 is 20.1 Å². The lowest BCUT2D eigenvalue weighted by molar-refractivity contribution is -0.119. The number of halogens is 1. The number of H-pyrrole nitrogens is 1. The number of imidazole rings is 1. The number of aromatic carboxylic acids is 1. The average molecular weight is 428 g/mol. The van der Waals surface area contributed by atoms with Crippen molar-refractivity contribution in [3.63, 3.8) is 0 Å². The second-order valence-corrected chi connectivity index (χ2v) is 6.90. The van der Waals surface area contributed by atoms with E-state index < -0.39 is 24.5 Å². The van der Waals surface area contributed by atoms with Gasteiger partial charge in [0.1, 0.15) is 5.82 Å². The van der Waals surface area contributed by atoms with E-state index in [4.69, 9.17) is 21.4 Å². The zero-order valence-corrected chi connectivity index (χ0v) is 16.9. The number of esters is 1. The number of carboxylic acids is 1. The maximum atomic E-state index is 12.2. The SMILES string of the molecule is Cc1nc(-c2ccc(C(=O)OCC(=O)Nc3cc(C(=O)O)ccc3Cl)cc2)[nH]c1C. The number of aryl methyl sites for hydroxylation is 2. The summed E-state index contributed by atoms with van der Waals surface area (Å²) in [5.41, 5.74) is 3.03. The number of carbonyl (C=O) groups is 3. The number of hydrogen-bond donors (Lipinski definition) is 3. The summed E-state index contributed by atoms with van der Waals surface area (Å²) in [5, 5.41) is 11.6. The number of anilines is 1. The molecule has 0 aliphatic rings. The van der Waals surface area contributed by atoms with Gasteiger partial charge in [-0.05, 0) is 44.2 Å². The third-order valence-electron chi connectivity index (χ3n) is 4.34. The number of rotatable bonds is 6. The highest BCUT2D eigenvalue weighted by Crippen LogP contribution is 2.23. The minimum absolute atomic E-state index is 0.0336. The molecule has 1 aromatic heterocycles. The summed E-state index contributed by atoms with van der Waals surface area (Å²) in [6.07, 6.45) is 0. The smallest absolute Gasteiger partial charge is 0.338 e. The Kier molecular flexibility index (Phi) is 6.17. The van der Waals surface area contributed by atoms with Crippen LogP contribution in [0.4, 0.5) is 5.69 Å². The molecule has 8 nitrogen and oxygen atoms in total. The molecule has 0 unspecified atom stereocenters. The molecule has 9 heteroatoms. The largest absolute Gasteiger partial charge is 0.478 e. The van der Waals surface area contributed by atoms with E-state index in [1.54, 1.807) is 24.3 Å². The van der Waals surface area contributed by atoms with Crippen LogP contribution in [0.2, 0.25) is 5.02 Å². The fourth-order valence-electron chi connectivity index (χ4n) is 2.60. The molecule has 0 radical (unpaired) electrons. The van der Waals surface area contributed by atoms with Gasteiger partial charge in [-0.1, -0.05) is 23.7 Å². The van der Waals surface area contributed by atoms with Crippen LogP contribution in [0, 0.1) is 13.8 Å². The third kappa shape index (κ3) is 4.84. The topological polar surface area (TPSA) is 121 Å². The predicted molar refractivity (Wildman–Crippen MR) is 111 cm³/mol. The second-order valence-electron chi connectivity index (χ2n) is 6.50. The molecule has 0 aliphatic carbocycles. The van der Waals surface area contributed by atoms with E-state index in [1.807, 2.05) is 13.8 Å². The highest BCUT2D eigenvalue weighted by Gasteiger charge is 2.14. The average Bonchev–Trinajstić information content (AvgIpc) is 3.06. The van der Waals surface area contributed by atoms with Gasteiger partial charge in [0.25, 0.3) is 5.91 Å². The second kappa shape index (κ2) is 8.79. The number of carbonyl (C=O) groups excluding carboxylic acids is 2. The summed E-state index contributed by atoms with van der Waals surface area (Å²) in [4.78, 5) is 42.8. The van der Waals surface area contributed by atoms with Crippen LogP contribution in [-0.4, -0.2) is 39.5 Å². The lowest BCUT2D eigenvalue weighted by Gasteiger charge is -2.09. The number of ether oxygens (including phenoxy) is 1. The fourth-order valence-corrected chi connectivity index (χ4v) is 2.77. The predicted octanol–water partition coefficient (Wildman–Crippen LogP) is 3.84. The first-order valence-corrected chi connectivity index (χ1v) is 9.26. The zero-order valence-electron chi connectivity index (χ0n) is 16.2. The van der Waals surface area contributed by atoms with Crippen molar-refractivity contribution >= 4 is 35.1 Å². The van der Waals surface area contributed by atoms with Crippen molar-refractivity contribution in [2.45, 2.75) is 13.8 Å². The molecule has 1 heterocycles. The Morgan fingerprint density at radius 2 is 1.77 bits per heavy atom. The molecule has 2 aromatic carbocycles. The van der Waals surface area contributed by atoms with Crippen molar-refractivity contribution in [2.75, 3.05) is 11.9 Å². The van der Waals surface area contributed by atoms with E-state index in [0.717, 1.165) is 17.0 Å².